The molecule has 2 aromatic carbocycles. The molecular formula is C24H25FN2O4. The number of rotatable bonds is 7. The van der Waals surface area contributed by atoms with E-state index in [4.69, 9.17) is 9.26 Å². The highest BCUT2D eigenvalue weighted by molar-refractivity contribution is 5.95. The first-order chi connectivity index (χ1) is 14.7. The van der Waals surface area contributed by atoms with Crippen molar-refractivity contribution in [2.75, 3.05) is 6.54 Å². The molecule has 1 amide bonds. The van der Waals surface area contributed by atoms with Crippen LogP contribution in [0.2, 0.25) is 0 Å². The number of carbonyl (C=O) groups is 2. The second-order valence-electron chi connectivity index (χ2n) is 8.20. The number of hydrogen-bond donors (Lipinski definition) is 1. The van der Waals surface area contributed by atoms with Crippen LogP contribution in [0.25, 0.3) is 11.1 Å². The van der Waals surface area contributed by atoms with E-state index in [9.17, 15) is 14.0 Å². The molecule has 0 aliphatic carbocycles. The number of amides is 1. The lowest BCUT2D eigenvalue weighted by Crippen LogP contribution is -2.26. The molecule has 0 radical (unpaired) electrons. The molecule has 3 rings (SSSR count). The number of nitrogens with one attached hydrogen (secondary N) is 1. The second kappa shape index (κ2) is 9.55. The van der Waals surface area contributed by atoms with Gasteiger partial charge in [0.15, 0.2) is 0 Å². The van der Waals surface area contributed by atoms with Gasteiger partial charge in [0, 0.05) is 23.1 Å². The van der Waals surface area contributed by atoms with Crippen LogP contribution < -0.4 is 5.32 Å². The monoisotopic (exact) mass is 424 g/mol. The minimum absolute atomic E-state index is 0.0145. The molecule has 0 unspecified atom stereocenters. The molecule has 1 aromatic heterocycles. The highest BCUT2D eigenvalue weighted by atomic mass is 19.1. The average molecular weight is 424 g/mol. The van der Waals surface area contributed by atoms with Gasteiger partial charge in [-0.15, -0.1) is 0 Å². The van der Waals surface area contributed by atoms with Crippen molar-refractivity contribution in [1.82, 2.24) is 10.5 Å². The SMILES string of the molecule is CC(C)(C)c1oncc1-c1cc(F)cc(C(=O)NCCC(=O)OCc2ccccc2)c1. The molecule has 31 heavy (non-hydrogen) atoms. The van der Waals surface area contributed by atoms with Crippen LogP contribution in [0, 0.1) is 5.82 Å². The van der Waals surface area contributed by atoms with Crippen molar-refractivity contribution in [2.24, 2.45) is 0 Å². The Balaban J connectivity index is 1.60. The maximum atomic E-state index is 14.2. The van der Waals surface area contributed by atoms with E-state index in [1.807, 2.05) is 51.1 Å². The van der Waals surface area contributed by atoms with E-state index in [2.05, 4.69) is 10.5 Å². The fraction of sp³-hybridized carbons (Fsp3) is 0.292. The molecule has 0 atom stereocenters. The summed E-state index contributed by atoms with van der Waals surface area (Å²) in [7, 11) is 0. The molecule has 0 saturated carbocycles. The molecule has 162 valence electrons. The van der Waals surface area contributed by atoms with E-state index in [0.29, 0.717) is 16.9 Å². The Morgan fingerprint density at radius 3 is 2.58 bits per heavy atom. The van der Waals surface area contributed by atoms with Gasteiger partial charge in [-0.25, -0.2) is 4.39 Å². The van der Waals surface area contributed by atoms with E-state index in [-0.39, 0.29) is 30.6 Å². The molecule has 1 N–H and O–H groups in total. The van der Waals surface area contributed by atoms with Gasteiger partial charge < -0.3 is 14.6 Å². The highest BCUT2D eigenvalue weighted by Gasteiger charge is 2.24. The Morgan fingerprint density at radius 1 is 1.13 bits per heavy atom. The Bertz CT molecular complexity index is 1050. The summed E-state index contributed by atoms with van der Waals surface area (Å²) in [5.41, 5.74) is 1.83. The molecule has 0 aliphatic rings. The van der Waals surface area contributed by atoms with Crippen LogP contribution in [-0.4, -0.2) is 23.6 Å². The predicted octanol–water partition coefficient (Wildman–Crippen LogP) is 4.64. The maximum Gasteiger partial charge on any atom is 0.307 e. The predicted molar refractivity (Wildman–Crippen MR) is 114 cm³/mol. The largest absolute Gasteiger partial charge is 0.461 e. The van der Waals surface area contributed by atoms with Crippen molar-refractivity contribution in [2.45, 2.75) is 39.2 Å². The lowest BCUT2D eigenvalue weighted by molar-refractivity contribution is -0.144. The first-order valence-electron chi connectivity index (χ1n) is 9.98. The molecule has 6 nitrogen and oxygen atoms in total. The maximum absolute atomic E-state index is 14.2. The zero-order chi connectivity index (χ0) is 22.4. The van der Waals surface area contributed by atoms with Crippen LogP contribution in [0.4, 0.5) is 4.39 Å². The van der Waals surface area contributed by atoms with Crippen molar-refractivity contribution in [3.8, 4) is 11.1 Å². The van der Waals surface area contributed by atoms with Crippen molar-refractivity contribution in [3.63, 3.8) is 0 Å². The molecule has 3 aromatic rings. The summed E-state index contributed by atoms with van der Waals surface area (Å²) in [5, 5.41) is 6.46. The molecule has 7 heteroatoms. The minimum atomic E-state index is -0.550. The summed E-state index contributed by atoms with van der Waals surface area (Å²) in [6.07, 6.45) is 1.53. The van der Waals surface area contributed by atoms with Gasteiger partial charge in [-0.05, 0) is 29.3 Å². The summed E-state index contributed by atoms with van der Waals surface area (Å²) in [4.78, 5) is 24.4. The van der Waals surface area contributed by atoms with Crippen LogP contribution in [0.15, 0.2) is 59.3 Å². The zero-order valence-electron chi connectivity index (χ0n) is 17.8. The normalized spacial score (nSPS) is 11.2. The quantitative estimate of drug-likeness (QED) is 0.559. The number of esters is 1. The highest BCUT2D eigenvalue weighted by Crippen LogP contribution is 2.33. The fourth-order valence-corrected chi connectivity index (χ4v) is 3.05. The third-order valence-corrected chi connectivity index (χ3v) is 4.58. The van der Waals surface area contributed by atoms with Crippen LogP contribution in [-0.2, 0) is 21.6 Å². The number of nitrogens with zero attached hydrogens (tertiary/aromatic N) is 1. The minimum Gasteiger partial charge on any atom is -0.461 e. The van der Waals surface area contributed by atoms with Gasteiger partial charge in [-0.2, -0.15) is 0 Å². The number of benzene rings is 2. The third-order valence-electron chi connectivity index (χ3n) is 4.58. The van der Waals surface area contributed by atoms with E-state index in [1.165, 1.54) is 12.3 Å². The van der Waals surface area contributed by atoms with E-state index >= 15 is 0 Å². The first kappa shape index (κ1) is 22.2. The van der Waals surface area contributed by atoms with E-state index in [0.717, 1.165) is 11.6 Å². The van der Waals surface area contributed by atoms with E-state index < -0.39 is 17.7 Å². The van der Waals surface area contributed by atoms with Gasteiger partial charge in [0.2, 0.25) is 0 Å². The van der Waals surface area contributed by atoms with Gasteiger partial charge in [-0.3, -0.25) is 9.59 Å². The third kappa shape index (κ3) is 6.01. The van der Waals surface area contributed by atoms with Crippen LogP contribution >= 0.6 is 0 Å². The Labute approximate surface area is 180 Å². The zero-order valence-corrected chi connectivity index (χ0v) is 17.8. The van der Waals surface area contributed by atoms with Crippen LogP contribution in [0.1, 0.15) is 48.9 Å². The lowest BCUT2D eigenvalue weighted by atomic mass is 9.88. The van der Waals surface area contributed by atoms with Crippen LogP contribution in [0.3, 0.4) is 0 Å². The number of hydrogen-bond acceptors (Lipinski definition) is 5. The van der Waals surface area contributed by atoms with Crippen LogP contribution in [0.5, 0.6) is 0 Å². The number of aromatic nitrogens is 1. The number of halogens is 1. The summed E-state index contributed by atoms with van der Waals surface area (Å²) in [6.45, 7) is 6.14. The van der Waals surface area contributed by atoms with E-state index in [1.54, 1.807) is 6.07 Å². The Hall–Kier alpha value is -3.48. The van der Waals surface area contributed by atoms with Gasteiger partial charge >= 0.3 is 5.97 Å². The second-order valence-corrected chi connectivity index (χ2v) is 8.20. The topological polar surface area (TPSA) is 81.4 Å². The molecular weight excluding hydrogens is 399 g/mol. The average Bonchev–Trinajstić information content (AvgIpc) is 3.23. The van der Waals surface area contributed by atoms with Crippen molar-refractivity contribution in [3.05, 3.63) is 77.4 Å². The molecule has 0 bridgehead atoms. The molecule has 0 spiro atoms. The molecule has 1 heterocycles. The Kier molecular flexibility index (Phi) is 6.84. The van der Waals surface area contributed by atoms with Gasteiger partial charge in [-0.1, -0.05) is 56.3 Å². The van der Waals surface area contributed by atoms with Crippen molar-refractivity contribution >= 4 is 11.9 Å². The molecule has 0 saturated heterocycles. The standard InChI is InChI=1S/C24H25FN2O4/c1-24(2,3)22-20(14-27-31-22)17-11-18(13-19(25)12-17)23(29)26-10-9-21(28)30-15-16-7-5-4-6-8-16/h4-8,11-14H,9-10,15H2,1-3H3,(H,26,29). The molecule has 0 aliphatic heterocycles. The summed E-state index contributed by atoms with van der Waals surface area (Å²) in [6, 6.07) is 13.4. The van der Waals surface area contributed by atoms with Crippen molar-refractivity contribution in [1.29, 1.82) is 0 Å². The Morgan fingerprint density at radius 2 is 1.87 bits per heavy atom. The smallest absolute Gasteiger partial charge is 0.307 e. The van der Waals surface area contributed by atoms with Gasteiger partial charge in [0.25, 0.3) is 5.91 Å². The van der Waals surface area contributed by atoms with Gasteiger partial charge in [0.05, 0.1) is 12.6 Å². The molecule has 0 fully saturated rings. The van der Waals surface area contributed by atoms with Crippen molar-refractivity contribution < 1.29 is 23.2 Å². The summed E-state index contributed by atoms with van der Waals surface area (Å²) < 4.78 is 24.7. The first-order valence-corrected chi connectivity index (χ1v) is 9.98. The fourth-order valence-electron chi connectivity index (χ4n) is 3.05. The lowest BCUT2D eigenvalue weighted by Gasteiger charge is -2.16. The van der Waals surface area contributed by atoms with Gasteiger partial charge in [0.1, 0.15) is 18.2 Å². The number of carbonyl (C=O) groups excluding carboxylic acids is 2. The summed E-state index contributed by atoms with van der Waals surface area (Å²) in [5.74, 6) is -0.856. The number of ether oxygens (including phenoxy) is 1. The summed E-state index contributed by atoms with van der Waals surface area (Å²) >= 11 is 0.